The minimum Gasteiger partial charge on any atom is -0.545 e. The van der Waals surface area contributed by atoms with Crippen LogP contribution in [0.3, 0.4) is 0 Å². The molecule has 0 aliphatic carbocycles. The molecule has 0 aliphatic heterocycles. The Bertz CT molecular complexity index is 1930. The van der Waals surface area contributed by atoms with Gasteiger partial charge in [0.15, 0.2) is 6.21 Å². The average molecular weight is 610 g/mol. The SMILES string of the molecule is N/C(=N\N=C\c1cccc2ccccc12)N/[NH+]=C/c1cccc2ccccc12.O=C(O)c1ccccc1.O=C([O-])c1ccccc1. The van der Waals surface area contributed by atoms with Crippen LogP contribution in [0.4, 0.5) is 0 Å². The van der Waals surface area contributed by atoms with Gasteiger partial charge in [0.2, 0.25) is 0 Å². The van der Waals surface area contributed by atoms with Gasteiger partial charge in [-0.25, -0.2) is 4.79 Å². The maximum Gasteiger partial charge on any atom is 0.335 e. The van der Waals surface area contributed by atoms with E-state index in [-0.39, 0.29) is 11.5 Å². The van der Waals surface area contributed by atoms with Gasteiger partial charge in [-0.05, 0) is 45.3 Å². The lowest BCUT2D eigenvalue weighted by atomic mass is 10.1. The van der Waals surface area contributed by atoms with Crippen LogP contribution in [-0.2, 0) is 0 Å². The van der Waals surface area contributed by atoms with Crippen molar-refractivity contribution in [1.29, 1.82) is 0 Å². The van der Waals surface area contributed by atoms with Crippen molar-refractivity contribution in [2.24, 2.45) is 15.9 Å². The highest BCUT2D eigenvalue weighted by Gasteiger charge is 2.01. The first kappa shape index (κ1) is 32.3. The van der Waals surface area contributed by atoms with Crippen LogP contribution in [0.1, 0.15) is 31.8 Å². The fraction of sp³-hybridized carbons (Fsp3) is 0. The average Bonchev–Trinajstić information content (AvgIpc) is 3.10. The Balaban J connectivity index is 0.000000216. The van der Waals surface area contributed by atoms with Gasteiger partial charge in [-0.3, -0.25) is 0 Å². The summed E-state index contributed by atoms with van der Waals surface area (Å²) in [6, 6.07) is 44.9. The Labute approximate surface area is 265 Å². The molecule has 0 radical (unpaired) electrons. The number of carboxylic acid groups (broad SMARTS) is 2. The molecule has 6 aromatic carbocycles. The van der Waals surface area contributed by atoms with Gasteiger partial charge in [-0.1, -0.05) is 127 Å². The van der Waals surface area contributed by atoms with Crippen molar-refractivity contribution in [3.05, 3.63) is 168 Å². The number of nitrogens with two attached hydrogens (primary N) is 1. The highest BCUT2D eigenvalue weighted by molar-refractivity contribution is 6.00. The Hall–Kier alpha value is -6.61. The van der Waals surface area contributed by atoms with E-state index in [1.165, 1.54) is 17.5 Å². The van der Waals surface area contributed by atoms with E-state index in [1.807, 2.05) is 54.7 Å². The molecule has 0 unspecified atom stereocenters. The summed E-state index contributed by atoms with van der Waals surface area (Å²) in [4.78, 5) is 20.3. The summed E-state index contributed by atoms with van der Waals surface area (Å²) in [5, 5.41) is 34.1. The highest BCUT2D eigenvalue weighted by Crippen LogP contribution is 2.17. The monoisotopic (exact) mass is 609 g/mol. The molecule has 0 fully saturated rings. The van der Waals surface area contributed by atoms with Gasteiger partial charge >= 0.3 is 5.97 Å². The van der Waals surface area contributed by atoms with Crippen molar-refractivity contribution in [3.8, 4) is 0 Å². The summed E-state index contributed by atoms with van der Waals surface area (Å²) in [7, 11) is 0. The number of guanidine groups is 1. The number of hydrazine groups is 1. The topological polar surface area (TPSA) is 154 Å². The molecule has 0 saturated heterocycles. The third kappa shape index (κ3) is 9.72. The molecule has 0 amide bonds. The molecule has 0 aliphatic rings. The summed E-state index contributed by atoms with van der Waals surface area (Å²) in [5.74, 6) is -1.83. The Morgan fingerprint density at radius 2 is 1.13 bits per heavy atom. The first-order valence-electron chi connectivity index (χ1n) is 14.1. The van der Waals surface area contributed by atoms with Crippen LogP contribution < -0.4 is 21.4 Å². The first-order valence-corrected chi connectivity index (χ1v) is 14.1. The smallest absolute Gasteiger partial charge is 0.335 e. The number of nitrogens with one attached hydrogen (secondary N) is 2. The van der Waals surface area contributed by atoms with Gasteiger partial charge in [0.05, 0.1) is 17.7 Å². The maximum absolute atomic E-state index is 10.2. The molecule has 6 rings (SSSR count). The largest absolute Gasteiger partial charge is 0.545 e. The van der Waals surface area contributed by atoms with Gasteiger partial charge in [-0.2, -0.15) is 5.10 Å². The van der Waals surface area contributed by atoms with Crippen molar-refractivity contribution < 1.29 is 24.9 Å². The number of rotatable bonds is 6. The molecule has 228 valence electrons. The minimum atomic E-state index is -1.13. The Morgan fingerprint density at radius 3 is 1.65 bits per heavy atom. The fourth-order valence-corrected chi connectivity index (χ4v) is 4.26. The summed E-state index contributed by atoms with van der Waals surface area (Å²) in [5.41, 5.74) is 11.3. The van der Waals surface area contributed by atoms with E-state index in [4.69, 9.17) is 10.8 Å². The van der Waals surface area contributed by atoms with Crippen LogP contribution in [0.15, 0.2) is 156 Å². The van der Waals surface area contributed by atoms with E-state index < -0.39 is 11.9 Å². The third-order valence-corrected chi connectivity index (χ3v) is 6.47. The van der Waals surface area contributed by atoms with Crippen LogP contribution in [-0.4, -0.2) is 35.4 Å². The minimum absolute atomic E-state index is 0.174. The number of aromatic carboxylic acids is 2. The molecule has 46 heavy (non-hydrogen) atoms. The number of carboxylic acids is 2. The highest BCUT2D eigenvalue weighted by atomic mass is 16.4. The van der Waals surface area contributed by atoms with Crippen LogP contribution in [0.2, 0.25) is 0 Å². The van der Waals surface area contributed by atoms with E-state index in [0.29, 0.717) is 5.56 Å². The van der Waals surface area contributed by atoms with Crippen LogP contribution >= 0.6 is 0 Å². The zero-order valence-corrected chi connectivity index (χ0v) is 24.7. The number of nitrogens with zero attached hydrogens (tertiary/aromatic N) is 2. The van der Waals surface area contributed by atoms with Crippen molar-refractivity contribution in [1.82, 2.24) is 5.43 Å². The van der Waals surface area contributed by atoms with Gasteiger partial charge in [0, 0.05) is 11.1 Å². The van der Waals surface area contributed by atoms with Crippen LogP contribution in [0, 0.1) is 0 Å². The standard InChI is InChI=1S/C23H19N5.2C7H6O2/c24-23(27-25-15-19-11-5-9-17-7-1-3-13-21(17)19)28-26-16-20-12-6-10-18-8-2-4-14-22(18)20;2*8-7(9)6-4-2-1-3-5-6/h1-16H,(H3,24,27,28);2*1-5H,(H,8,9)/b25-15+,26-16+;;. The van der Waals surface area contributed by atoms with E-state index >= 15 is 0 Å². The zero-order valence-electron chi connectivity index (χ0n) is 24.7. The first-order chi connectivity index (χ1) is 22.4. The van der Waals surface area contributed by atoms with E-state index in [9.17, 15) is 14.7 Å². The Morgan fingerprint density at radius 1 is 0.652 bits per heavy atom. The fourth-order valence-electron chi connectivity index (χ4n) is 4.26. The second-order valence-electron chi connectivity index (χ2n) is 9.60. The third-order valence-electron chi connectivity index (χ3n) is 6.47. The molecule has 0 aromatic heterocycles. The summed E-state index contributed by atoms with van der Waals surface area (Å²) >= 11 is 0. The lowest BCUT2D eigenvalue weighted by Gasteiger charge is -2.00. The predicted molar refractivity (Wildman–Crippen MR) is 181 cm³/mol. The number of carbonyl (C=O) groups is 2. The van der Waals surface area contributed by atoms with Gasteiger partial charge in [-0.15, -0.1) is 15.6 Å². The molecule has 0 spiro atoms. The molecular weight excluding hydrogens is 578 g/mol. The predicted octanol–water partition coefficient (Wildman–Crippen LogP) is 3.78. The molecule has 0 bridgehead atoms. The number of carbonyl (C=O) groups excluding carboxylic acids is 1. The molecule has 9 nitrogen and oxygen atoms in total. The van der Waals surface area contributed by atoms with Crippen molar-refractivity contribution in [2.75, 3.05) is 0 Å². The Kier molecular flexibility index (Phi) is 11.9. The second kappa shape index (κ2) is 16.9. The lowest BCUT2D eigenvalue weighted by Crippen LogP contribution is -2.82. The summed E-state index contributed by atoms with van der Waals surface area (Å²) in [6.45, 7) is 0. The van der Waals surface area contributed by atoms with E-state index in [1.54, 1.807) is 54.7 Å². The van der Waals surface area contributed by atoms with E-state index in [0.717, 1.165) is 27.3 Å². The molecule has 0 saturated carbocycles. The van der Waals surface area contributed by atoms with Gasteiger partial charge < -0.3 is 20.7 Å². The summed E-state index contributed by atoms with van der Waals surface area (Å²) in [6.07, 6.45) is 3.55. The molecular formula is C37H31N5O4. The van der Waals surface area contributed by atoms with E-state index in [2.05, 4.69) is 57.1 Å². The van der Waals surface area contributed by atoms with Gasteiger partial charge in [0.25, 0.3) is 5.96 Å². The molecule has 6 aromatic rings. The summed E-state index contributed by atoms with van der Waals surface area (Å²) < 4.78 is 0. The lowest BCUT2D eigenvalue weighted by molar-refractivity contribution is -0.500. The normalized spacial score (nSPS) is 11.0. The van der Waals surface area contributed by atoms with Crippen molar-refractivity contribution in [3.63, 3.8) is 0 Å². The zero-order chi connectivity index (χ0) is 32.6. The molecule has 0 atom stereocenters. The van der Waals surface area contributed by atoms with Crippen LogP contribution in [0.25, 0.3) is 21.5 Å². The van der Waals surface area contributed by atoms with Crippen LogP contribution in [0.5, 0.6) is 0 Å². The molecule has 0 heterocycles. The molecule has 5 N–H and O–H groups in total. The van der Waals surface area contributed by atoms with Gasteiger partial charge in [0.1, 0.15) is 0 Å². The number of fused-ring (bicyclic) bond motifs is 2. The van der Waals surface area contributed by atoms with Crippen molar-refractivity contribution >= 4 is 51.9 Å². The number of hydrogen-bond donors (Lipinski definition) is 4. The van der Waals surface area contributed by atoms with Crippen molar-refractivity contribution in [2.45, 2.75) is 0 Å². The number of hydrogen-bond acceptors (Lipinski definition) is 5. The number of hydrazone groups is 1. The number of benzene rings is 6. The quantitative estimate of drug-likeness (QED) is 0.128. The second-order valence-corrected chi connectivity index (χ2v) is 9.60. The molecule has 9 heteroatoms. The maximum atomic E-state index is 10.2.